The van der Waals surface area contributed by atoms with Crippen LogP contribution in [-0.4, -0.2) is 28.0 Å². The molecule has 0 fully saturated rings. The number of nitrogens with zero attached hydrogens (tertiary/aromatic N) is 3. The van der Waals surface area contributed by atoms with Crippen LogP contribution in [0.5, 0.6) is 5.75 Å². The van der Waals surface area contributed by atoms with Crippen LogP contribution in [0.2, 0.25) is 0 Å². The third-order valence-electron chi connectivity index (χ3n) is 2.76. The SMILES string of the molecule is COc1ccc(-n2cnnc2[C@H](C)OC(C)C)cc1. The summed E-state index contributed by atoms with van der Waals surface area (Å²) in [5.74, 6) is 1.61. The summed E-state index contributed by atoms with van der Waals surface area (Å²) in [6.45, 7) is 5.99. The van der Waals surface area contributed by atoms with Gasteiger partial charge in [0, 0.05) is 5.69 Å². The fourth-order valence-electron chi connectivity index (χ4n) is 1.93. The molecule has 0 amide bonds. The second-order valence-electron chi connectivity index (χ2n) is 4.58. The molecule has 2 rings (SSSR count). The summed E-state index contributed by atoms with van der Waals surface area (Å²) < 4.78 is 12.8. The lowest BCUT2D eigenvalue weighted by Crippen LogP contribution is -2.12. The van der Waals surface area contributed by atoms with Crippen molar-refractivity contribution < 1.29 is 9.47 Å². The molecule has 0 bridgehead atoms. The first-order chi connectivity index (χ1) is 9.11. The molecular weight excluding hydrogens is 242 g/mol. The van der Waals surface area contributed by atoms with Crippen LogP contribution in [0.25, 0.3) is 5.69 Å². The summed E-state index contributed by atoms with van der Waals surface area (Å²) in [5, 5.41) is 8.12. The Morgan fingerprint density at radius 1 is 1.11 bits per heavy atom. The van der Waals surface area contributed by atoms with Crippen LogP contribution in [-0.2, 0) is 4.74 Å². The zero-order valence-electron chi connectivity index (χ0n) is 11.7. The van der Waals surface area contributed by atoms with Crippen LogP contribution in [0.1, 0.15) is 32.7 Å². The first-order valence-corrected chi connectivity index (χ1v) is 6.31. The van der Waals surface area contributed by atoms with Gasteiger partial charge in [0.1, 0.15) is 18.2 Å². The molecular formula is C14H19N3O2. The minimum absolute atomic E-state index is 0.107. The van der Waals surface area contributed by atoms with E-state index >= 15 is 0 Å². The van der Waals surface area contributed by atoms with Crippen LogP contribution in [0, 0.1) is 0 Å². The lowest BCUT2D eigenvalue weighted by atomic mass is 10.3. The van der Waals surface area contributed by atoms with Gasteiger partial charge in [0.05, 0.1) is 13.2 Å². The van der Waals surface area contributed by atoms with E-state index in [-0.39, 0.29) is 12.2 Å². The summed E-state index contributed by atoms with van der Waals surface area (Å²) in [4.78, 5) is 0. The molecule has 0 unspecified atom stereocenters. The van der Waals surface area contributed by atoms with Crippen molar-refractivity contribution in [2.75, 3.05) is 7.11 Å². The maximum Gasteiger partial charge on any atom is 0.166 e. The third-order valence-corrected chi connectivity index (χ3v) is 2.76. The highest BCUT2D eigenvalue weighted by molar-refractivity contribution is 5.38. The van der Waals surface area contributed by atoms with Crippen LogP contribution in [0.4, 0.5) is 0 Å². The molecule has 0 saturated carbocycles. The molecule has 0 aliphatic heterocycles. The van der Waals surface area contributed by atoms with Gasteiger partial charge < -0.3 is 9.47 Å². The van der Waals surface area contributed by atoms with E-state index in [0.29, 0.717) is 0 Å². The molecule has 1 heterocycles. The molecule has 5 nitrogen and oxygen atoms in total. The topological polar surface area (TPSA) is 49.2 Å². The normalized spacial score (nSPS) is 12.7. The molecule has 0 spiro atoms. The van der Waals surface area contributed by atoms with E-state index in [9.17, 15) is 0 Å². The van der Waals surface area contributed by atoms with E-state index in [4.69, 9.17) is 9.47 Å². The molecule has 102 valence electrons. The van der Waals surface area contributed by atoms with E-state index in [0.717, 1.165) is 17.3 Å². The first kappa shape index (κ1) is 13.5. The number of aromatic nitrogens is 3. The fourth-order valence-corrected chi connectivity index (χ4v) is 1.93. The molecule has 2 aromatic rings. The molecule has 0 aliphatic carbocycles. The molecule has 0 N–H and O–H groups in total. The Labute approximate surface area is 113 Å². The maximum absolute atomic E-state index is 5.75. The highest BCUT2D eigenvalue weighted by Gasteiger charge is 2.16. The van der Waals surface area contributed by atoms with Crippen LogP contribution in [0.15, 0.2) is 30.6 Å². The number of ether oxygens (including phenoxy) is 2. The van der Waals surface area contributed by atoms with Crippen molar-refractivity contribution in [1.82, 2.24) is 14.8 Å². The van der Waals surface area contributed by atoms with Gasteiger partial charge in [-0.15, -0.1) is 10.2 Å². The van der Waals surface area contributed by atoms with Gasteiger partial charge in [0.25, 0.3) is 0 Å². The molecule has 0 aliphatic rings. The van der Waals surface area contributed by atoms with Gasteiger partial charge in [-0.05, 0) is 45.0 Å². The minimum Gasteiger partial charge on any atom is -0.497 e. The van der Waals surface area contributed by atoms with Gasteiger partial charge in [0.15, 0.2) is 5.82 Å². The van der Waals surface area contributed by atoms with Crippen molar-refractivity contribution in [3.63, 3.8) is 0 Å². The Balaban J connectivity index is 2.27. The lowest BCUT2D eigenvalue weighted by Gasteiger charge is -2.16. The van der Waals surface area contributed by atoms with Crippen LogP contribution >= 0.6 is 0 Å². The highest BCUT2D eigenvalue weighted by atomic mass is 16.5. The molecule has 5 heteroatoms. The Morgan fingerprint density at radius 2 is 1.79 bits per heavy atom. The van der Waals surface area contributed by atoms with Gasteiger partial charge in [-0.1, -0.05) is 0 Å². The Bertz CT molecular complexity index is 520. The molecule has 0 saturated heterocycles. The van der Waals surface area contributed by atoms with E-state index in [1.165, 1.54) is 0 Å². The molecule has 1 aromatic heterocycles. The minimum atomic E-state index is -0.107. The van der Waals surface area contributed by atoms with Crippen LogP contribution < -0.4 is 4.74 Å². The van der Waals surface area contributed by atoms with Gasteiger partial charge in [-0.2, -0.15) is 0 Å². The van der Waals surface area contributed by atoms with E-state index in [1.807, 2.05) is 49.6 Å². The van der Waals surface area contributed by atoms with E-state index in [1.54, 1.807) is 13.4 Å². The zero-order chi connectivity index (χ0) is 13.8. The zero-order valence-corrected chi connectivity index (χ0v) is 11.7. The molecule has 19 heavy (non-hydrogen) atoms. The van der Waals surface area contributed by atoms with Crippen LogP contribution in [0.3, 0.4) is 0 Å². The summed E-state index contributed by atoms with van der Waals surface area (Å²) >= 11 is 0. The Hall–Kier alpha value is -1.88. The number of hydrogen-bond donors (Lipinski definition) is 0. The summed E-state index contributed by atoms with van der Waals surface area (Å²) in [7, 11) is 1.65. The van der Waals surface area contributed by atoms with Crippen molar-refractivity contribution in [3.8, 4) is 11.4 Å². The summed E-state index contributed by atoms with van der Waals surface area (Å²) in [6.07, 6.45) is 1.73. The average Bonchev–Trinajstić information content (AvgIpc) is 2.87. The summed E-state index contributed by atoms with van der Waals surface area (Å²) in [6, 6.07) is 7.75. The number of methoxy groups -OCH3 is 1. The standard InChI is InChI=1S/C14H19N3O2/c1-10(2)19-11(3)14-16-15-9-17(14)12-5-7-13(18-4)8-6-12/h5-11H,1-4H3/t11-/m0/s1. The second kappa shape index (κ2) is 5.84. The smallest absolute Gasteiger partial charge is 0.166 e. The first-order valence-electron chi connectivity index (χ1n) is 6.31. The highest BCUT2D eigenvalue weighted by Crippen LogP contribution is 2.21. The molecule has 1 atom stereocenters. The lowest BCUT2D eigenvalue weighted by molar-refractivity contribution is 0.0119. The van der Waals surface area contributed by atoms with Crippen molar-refractivity contribution in [2.45, 2.75) is 33.0 Å². The van der Waals surface area contributed by atoms with Crippen molar-refractivity contribution in [1.29, 1.82) is 0 Å². The van der Waals surface area contributed by atoms with E-state index < -0.39 is 0 Å². The van der Waals surface area contributed by atoms with Crippen molar-refractivity contribution in [2.24, 2.45) is 0 Å². The molecule has 1 aromatic carbocycles. The quantitative estimate of drug-likeness (QED) is 0.830. The maximum atomic E-state index is 5.75. The van der Waals surface area contributed by atoms with Crippen molar-refractivity contribution >= 4 is 0 Å². The van der Waals surface area contributed by atoms with Gasteiger partial charge in [-0.3, -0.25) is 4.57 Å². The number of rotatable bonds is 5. The van der Waals surface area contributed by atoms with Gasteiger partial charge >= 0.3 is 0 Å². The number of benzene rings is 1. The van der Waals surface area contributed by atoms with Crippen molar-refractivity contribution in [3.05, 3.63) is 36.4 Å². The largest absolute Gasteiger partial charge is 0.497 e. The monoisotopic (exact) mass is 261 g/mol. The third kappa shape index (κ3) is 3.12. The number of hydrogen-bond acceptors (Lipinski definition) is 4. The summed E-state index contributed by atoms with van der Waals surface area (Å²) in [5.41, 5.74) is 0.986. The fraction of sp³-hybridized carbons (Fsp3) is 0.429. The van der Waals surface area contributed by atoms with Gasteiger partial charge in [-0.25, -0.2) is 0 Å². The predicted molar refractivity (Wildman–Crippen MR) is 72.5 cm³/mol. The Kier molecular flexibility index (Phi) is 4.16. The Morgan fingerprint density at radius 3 is 2.37 bits per heavy atom. The average molecular weight is 261 g/mol. The second-order valence-corrected chi connectivity index (χ2v) is 4.58. The predicted octanol–water partition coefficient (Wildman–Crippen LogP) is 2.76. The van der Waals surface area contributed by atoms with E-state index in [2.05, 4.69) is 10.2 Å². The molecule has 0 radical (unpaired) electrons. The van der Waals surface area contributed by atoms with Gasteiger partial charge in [0.2, 0.25) is 0 Å².